The zero-order chi connectivity index (χ0) is 34.5. The molecule has 15 heteroatoms. The lowest BCUT2D eigenvalue weighted by Crippen LogP contribution is -2.57. The van der Waals surface area contributed by atoms with E-state index in [-0.39, 0.29) is 69.0 Å². The van der Waals surface area contributed by atoms with Crippen molar-refractivity contribution in [3.63, 3.8) is 0 Å². The van der Waals surface area contributed by atoms with Gasteiger partial charge in [0.15, 0.2) is 0 Å². The third-order valence-electron chi connectivity index (χ3n) is 6.79. The number of hydrogen-bond donors (Lipinski definition) is 5. The van der Waals surface area contributed by atoms with E-state index in [0.717, 1.165) is 65.9 Å². The molecule has 0 aromatic rings. The summed E-state index contributed by atoms with van der Waals surface area (Å²) in [5, 5.41) is 41.4. The van der Waals surface area contributed by atoms with Crippen molar-refractivity contribution in [3.8, 4) is 0 Å². The molecule has 0 aromatic carbocycles. The van der Waals surface area contributed by atoms with Crippen molar-refractivity contribution in [1.29, 1.82) is 0 Å². The van der Waals surface area contributed by atoms with Gasteiger partial charge in [-0.15, -0.1) is 0 Å². The van der Waals surface area contributed by atoms with Gasteiger partial charge in [0, 0.05) is 43.4 Å². The summed E-state index contributed by atoms with van der Waals surface area (Å²) < 4.78 is 30.8. The van der Waals surface area contributed by atoms with Gasteiger partial charge in [0.05, 0.1) is 78.1 Å². The number of rotatable bonds is 8. The molecule has 5 aliphatic heterocycles. The minimum Gasteiger partial charge on any atom is -0.481 e. The van der Waals surface area contributed by atoms with Gasteiger partial charge in [-0.05, 0) is 6.42 Å². The molecule has 0 amide bonds. The van der Waals surface area contributed by atoms with Gasteiger partial charge in [-0.2, -0.15) is 0 Å². The molecule has 15 nitrogen and oxygen atoms in total. The number of aliphatic hydroxyl groups excluding tert-OH is 4. The number of carboxylic acids is 1. The second-order valence-electron chi connectivity index (χ2n) is 12.5. The van der Waals surface area contributed by atoms with Crippen LogP contribution in [0.5, 0.6) is 0 Å². The van der Waals surface area contributed by atoms with E-state index in [1.165, 1.54) is 6.92 Å². The Kier molecular flexibility index (Phi) is 31.5. The van der Waals surface area contributed by atoms with Crippen LogP contribution in [0.15, 0.2) is 0 Å². The van der Waals surface area contributed by atoms with Crippen LogP contribution >= 0.6 is 0 Å². The lowest BCUT2D eigenvalue weighted by molar-refractivity contribution is -0.457. The van der Waals surface area contributed by atoms with Gasteiger partial charge in [-0.25, -0.2) is 0 Å². The van der Waals surface area contributed by atoms with Gasteiger partial charge in [0.1, 0.15) is 12.9 Å². The summed E-state index contributed by atoms with van der Waals surface area (Å²) >= 11 is 0. The summed E-state index contributed by atoms with van der Waals surface area (Å²) in [7, 11) is 0. The van der Waals surface area contributed by atoms with Crippen LogP contribution in [0.4, 0.5) is 0 Å². The molecule has 0 aromatic heterocycles. The topological polar surface area (TPSA) is 239 Å². The molecule has 47 heavy (non-hydrogen) atoms. The number of carbonyl (C=O) groups excluding carboxylic acids is 2. The summed E-state index contributed by atoms with van der Waals surface area (Å²) in [5.41, 5.74) is -0.385. The molecule has 0 atom stereocenters. The average Bonchev–Trinajstić information content (AvgIpc) is 2.97. The van der Waals surface area contributed by atoms with Crippen LogP contribution in [0, 0.1) is 21.7 Å². The van der Waals surface area contributed by atoms with E-state index in [4.69, 9.17) is 58.7 Å². The number of aldehydes is 1. The zero-order valence-corrected chi connectivity index (χ0v) is 28.4. The maximum atomic E-state index is 10.5. The quantitative estimate of drug-likeness (QED) is 0.180. The predicted octanol–water partition coefficient (Wildman–Crippen LogP) is 1.84. The number of esters is 1. The molecule has 5 aliphatic rings. The van der Waals surface area contributed by atoms with Crippen LogP contribution in [0.3, 0.4) is 0 Å². The molecule has 0 radical (unpaired) electrons. The minimum atomic E-state index is -0.833. The maximum absolute atomic E-state index is 10.5. The molecule has 5 heterocycles. The zero-order valence-electron chi connectivity index (χ0n) is 28.4. The molecule has 0 unspecified atom stereocenters. The normalized spacial score (nSPS) is 23.2. The second kappa shape index (κ2) is 27.1. The molecule has 0 aliphatic carbocycles. The van der Waals surface area contributed by atoms with Crippen LogP contribution in [0.1, 0.15) is 83.1 Å². The summed E-state index contributed by atoms with van der Waals surface area (Å²) in [5.74, 6) is -1.78. The highest BCUT2D eigenvalue weighted by Crippen LogP contribution is 2.37. The first-order valence-electron chi connectivity index (χ1n) is 14.7. The Bertz CT molecular complexity index is 728. The smallest absolute Gasteiger partial charge is 0.302 e. The monoisotopic (exact) mass is 692 g/mol. The first-order chi connectivity index (χ1) is 20.4. The van der Waals surface area contributed by atoms with Crippen molar-refractivity contribution < 1.29 is 73.8 Å². The second-order valence-corrected chi connectivity index (χ2v) is 12.5. The lowest BCUT2D eigenvalue weighted by atomic mass is 9.84. The highest BCUT2D eigenvalue weighted by atomic mass is 16.9. The van der Waals surface area contributed by atoms with Gasteiger partial charge < -0.3 is 64.2 Å². The van der Waals surface area contributed by atoms with E-state index in [1.54, 1.807) is 6.92 Å². The minimum absolute atomic E-state index is 0. The maximum Gasteiger partial charge on any atom is 0.302 e. The number of carboxylic acid groups (broad SMARTS) is 1. The highest BCUT2D eigenvalue weighted by Gasteiger charge is 2.47. The summed E-state index contributed by atoms with van der Waals surface area (Å²) in [4.78, 5) is 28.7. The van der Waals surface area contributed by atoms with Crippen LogP contribution in [0.2, 0.25) is 0 Å². The van der Waals surface area contributed by atoms with Gasteiger partial charge in [-0.3, -0.25) is 9.59 Å². The number of aliphatic hydroxyl groups is 4. The first kappa shape index (κ1) is 54.7. The summed E-state index contributed by atoms with van der Waals surface area (Å²) in [6.07, 6.45) is 2.53. The van der Waals surface area contributed by atoms with Crippen LogP contribution in [0.25, 0.3) is 0 Å². The third-order valence-corrected chi connectivity index (χ3v) is 6.79. The van der Waals surface area contributed by atoms with E-state index < -0.39 is 17.4 Å². The van der Waals surface area contributed by atoms with Crippen LogP contribution < -0.4 is 0 Å². The SMILES string of the molecule is C.C.CC(=O)O.CC(CO)(CO)CO.CC1(CO)COC1.CC12COC(C)(OC1)OC2.CCC1(COC(C)=O)COC1.CCC=O.O. The highest BCUT2D eigenvalue weighted by molar-refractivity contribution is 5.65. The summed E-state index contributed by atoms with van der Waals surface area (Å²) in [6.45, 7) is 19.4. The van der Waals surface area contributed by atoms with E-state index in [9.17, 15) is 9.59 Å². The van der Waals surface area contributed by atoms with Gasteiger partial charge in [-0.1, -0.05) is 49.5 Å². The third kappa shape index (κ3) is 24.1. The molecule has 5 fully saturated rings. The van der Waals surface area contributed by atoms with Gasteiger partial charge in [0.2, 0.25) is 0 Å². The van der Waals surface area contributed by atoms with Crippen molar-refractivity contribution >= 4 is 18.2 Å². The largest absolute Gasteiger partial charge is 0.481 e. The van der Waals surface area contributed by atoms with Crippen molar-refractivity contribution in [2.75, 3.05) is 79.3 Å². The lowest BCUT2D eigenvalue weighted by Gasteiger charge is -2.48. The van der Waals surface area contributed by atoms with Crippen LogP contribution in [-0.2, 0) is 42.8 Å². The van der Waals surface area contributed by atoms with E-state index in [0.29, 0.717) is 13.0 Å². The summed E-state index contributed by atoms with van der Waals surface area (Å²) in [6, 6.07) is 0. The number of ether oxygens (including phenoxy) is 6. The predicted molar refractivity (Wildman–Crippen MR) is 177 cm³/mol. The molecule has 0 saturated carbocycles. The van der Waals surface area contributed by atoms with Crippen molar-refractivity contribution in [3.05, 3.63) is 0 Å². The molecular weight excluding hydrogens is 624 g/mol. The Morgan fingerprint density at radius 3 is 1.30 bits per heavy atom. The fourth-order valence-corrected chi connectivity index (χ4v) is 2.89. The Labute approximate surface area is 282 Å². The Hall–Kier alpha value is -1.79. The fourth-order valence-electron chi connectivity index (χ4n) is 2.89. The van der Waals surface area contributed by atoms with Gasteiger partial charge >= 0.3 is 5.97 Å². The van der Waals surface area contributed by atoms with E-state index in [2.05, 4.69) is 13.8 Å². The number of carbonyl (C=O) groups is 3. The van der Waals surface area contributed by atoms with Crippen molar-refractivity contribution in [1.82, 2.24) is 0 Å². The standard InChI is InChI=1S/C8H14O3.C7H12O3.C5H12O3.C5H10O2.C3H6O.C2H4O2.2CH4.H2O/c1-3-8(4-10-5-8)6-11-7(2)9;1-6-3-8-7(2,9-4-6)10-5-6;1-5(2-6,3-7)4-8;1-5(2-6)3-7-4-5;1-2-3-4;1-2(3)4;;;/h3-6H2,1-2H3;3-5H2,1-2H3;6-8H,2-4H2,1H3;6H,2-4H2,1H3;3H,2H2,1H3;1H3,(H,3,4);2*1H4;1H2. The van der Waals surface area contributed by atoms with Crippen molar-refractivity contribution in [2.45, 2.75) is 89.1 Å². The Morgan fingerprint density at radius 1 is 0.809 bits per heavy atom. The number of fused-ring (bicyclic) bond motifs is 3. The molecule has 0 spiro atoms. The Balaban J connectivity index is -0.000000154. The molecule has 286 valence electrons. The first-order valence-corrected chi connectivity index (χ1v) is 14.7. The van der Waals surface area contributed by atoms with Crippen LogP contribution in [-0.4, -0.2) is 134 Å². The fraction of sp³-hybridized carbons (Fsp3) is 0.906. The van der Waals surface area contributed by atoms with E-state index in [1.807, 2.05) is 20.8 Å². The van der Waals surface area contributed by atoms with E-state index >= 15 is 0 Å². The number of aliphatic carboxylic acids is 1. The molecule has 5 saturated heterocycles. The number of hydrogen-bond acceptors (Lipinski definition) is 13. The molecular formula is C32H68O15. The van der Waals surface area contributed by atoms with Gasteiger partial charge in [0.25, 0.3) is 11.9 Å². The Morgan fingerprint density at radius 2 is 1.17 bits per heavy atom. The molecule has 2 bridgehead atoms. The molecule has 5 rings (SSSR count). The van der Waals surface area contributed by atoms with Crippen molar-refractivity contribution in [2.24, 2.45) is 21.7 Å². The molecule has 7 N–H and O–H groups in total. The average molecular weight is 693 g/mol.